The van der Waals surface area contributed by atoms with Crippen molar-refractivity contribution in [1.82, 2.24) is 5.06 Å². The molecule has 0 saturated heterocycles. The summed E-state index contributed by atoms with van der Waals surface area (Å²) in [6, 6.07) is 6.03. The Morgan fingerprint density at radius 3 is 2.17 bits per heavy atom. The molecule has 1 aromatic rings. The van der Waals surface area contributed by atoms with Crippen molar-refractivity contribution in [1.29, 1.82) is 0 Å². The number of hydroxylamine groups is 2. The number of likely N-dealkylation sites (N-methyl/N-ethyl adjacent to an activating group) is 1. The Morgan fingerprint density at radius 2 is 1.78 bits per heavy atom. The molecule has 0 heterocycles. The Hall–Kier alpha value is -1.42. The van der Waals surface area contributed by atoms with Gasteiger partial charge in [-0.05, 0) is 23.1 Å². The molecule has 0 aliphatic carbocycles. The van der Waals surface area contributed by atoms with Crippen LogP contribution in [0.4, 0.5) is 4.39 Å². The number of nitrogens with zero attached hydrogens (tertiary/aromatic N) is 1. The number of carbonyl (C=O) groups is 1. The number of rotatable bonds is 3. The normalized spacial score (nSPS) is 13.2. The van der Waals surface area contributed by atoms with Gasteiger partial charge in [-0.25, -0.2) is 9.45 Å². The van der Waals surface area contributed by atoms with Crippen LogP contribution in [0.25, 0.3) is 0 Å². The van der Waals surface area contributed by atoms with Gasteiger partial charge < -0.3 is 0 Å². The molecule has 0 saturated carbocycles. The second kappa shape index (κ2) is 5.48. The highest BCUT2D eigenvalue weighted by Crippen LogP contribution is 2.36. The van der Waals surface area contributed by atoms with E-state index in [4.69, 9.17) is 4.84 Å². The highest BCUT2D eigenvalue weighted by molar-refractivity contribution is 5.83. The van der Waals surface area contributed by atoms with E-state index in [2.05, 4.69) is 0 Å². The second-order valence-electron chi connectivity index (χ2n) is 5.37. The third kappa shape index (κ3) is 3.29. The molecule has 1 aromatic carbocycles. The van der Waals surface area contributed by atoms with Crippen molar-refractivity contribution in [2.24, 2.45) is 5.41 Å². The summed E-state index contributed by atoms with van der Waals surface area (Å²) in [6.45, 7) is 5.92. The number of carbonyl (C=O) groups excluding carboxylic acids is 1. The molecule has 0 fully saturated rings. The van der Waals surface area contributed by atoms with Crippen molar-refractivity contribution in [3.8, 4) is 0 Å². The summed E-state index contributed by atoms with van der Waals surface area (Å²) < 4.78 is 13.0. The van der Waals surface area contributed by atoms with E-state index in [1.165, 1.54) is 24.3 Å². The summed E-state index contributed by atoms with van der Waals surface area (Å²) in [7, 11) is 3.02. The molecule has 1 atom stereocenters. The molecule has 1 amide bonds. The number of halogens is 1. The summed E-state index contributed by atoms with van der Waals surface area (Å²) in [5.74, 6) is -0.821. The summed E-state index contributed by atoms with van der Waals surface area (Å²) in [4.78, 5) is 17.3. The number of hydrogen-bond acceptors (Lipinski definition) is 2. The van der Waals surface area contributed by atoms with Crippen LogP contribution in [0.5, 0.6) is 0 Å². The lowest BCUT2D eigenvalue weighted by molar-refractivity contribution is -0.173. The van der Waals surface area contributed by atoms with Crippen LogP contribution in [0.15, 0.2) is 24.3 Å². The predicted molar refractivity (Wildman–Crippen MR) is 68.4 cm³/mol. The van der Waals surface area contributed by atoms with Crippen molar-refractivity contribution in [2.45, 2.75) is 26.7 Å². The third-order valence-electron chi connectivity index (χ3n) is 2.90. The lowest BCUT2D eigenvalue weighted by Crippen LogP contribution is -2.37. The minimum Gasteiger partial charge on any atom is -0.275 e. The molecule has 1 rings (SSSR count). The molecule has 100 valence electrons. The van der Waals surface area contributed by atoms with E-state index < -0.39 is 0 Å². The number of hydrogen-bond donors (Lipinski definition) is 0. The van der Waals surface area contributed by atoms with Crippen LogP contribution in [0.1, 0.15) is 32.3 Å². The lowest BCUT2D eigenvalue weighted by atomic mass is 9.76. The van der Waals surface area contributed by atoms with Crippen LogP contribution in [-0.4, -0.2) is 25.1 Å². The fraction of sp³-hybridized carbons (Fsp3) is 0.500. The van der Waals surface area contributed by atoms with Crippen molar-refractivity contribution >= 4 is 5.91 Å². The van der Waals surface area contributed by atoms with Crippen LogP contribution in [0.2, 0.25) is 0 Å². The predicted octanol–water partition coefficient (Wildman–Crippen LogP) is 2.98. The molecule has 4 heteroatoms. The molecule has 0 aliphatic rings. The SMILES string of the molecule is CON(C)C(=O)C(c1ccc(F)cc1)C(C)(C)C. The molecule has 18 heavy (non-hydrogen) atoms. The summed E-state index contributed by atoms with van der Waals surface area (Å²) >= 11 is 0. The first-order valence-corrected chi connectivity index (χ1v) is 5.84. The smallest absolute Gasteiger partial charge is 0.253 e. The maximum absolute atomic E-state index is 13.0. The number of amides is 1. The van der Waals surface area contributed by atoms with E-state index in [-0.39, 0.29) is 23.1 Å². The highest BCUT2D eigenvalue weighted by Gasteiger charge is 2.34. The van der Waals surface area contributed by atoms with Gasteiger partial charge in [0.2, 0.25) is 0 Å². The zero-order valence-corrected chi connectivity index (χ0v) is 11.5. The van der Waals surface area contributed by atoms with Crippen molar-refractivity contribution in [3.63, 3.8) is 0 Å². The Balaban J connectivity index is 3.14. The zero-order valence-electron chi connectivity index (χ0n) is 11.5. The summed E-state index contributed by atoms with van der Waals surface area (Å²) in [5.41, 5.74) is 0.514. The second-order valence-corrected chi connectivity index (χ2v) is 5.37. The van der Waals surface area contributed by atoms with Gasteiger partial charge in [0.25, 0.3) is 5.91 Å². The van der Waals surface area contributed by atoms with E-state index in [0.29, 0.717) is 0 Å². The Labute approximate surface area is 108 Å². The maximum atomic E-state index is 13.0. The van der Waals surface area contributed by atoms with Crippen LogP contribution >= 0.6 is 0 Å². The van der Waals surface area contributed by atoms with Gasteiger partial charge >= 0.3 is 0 Å². The first-order chi connectivity index (χ1) is 8.27. The van der Waals surface area contributed by atoms with Gasteiger partial charge in [-0.3, -0.25) is 9.63 Å². The van der Waals surface area contributed by atoms with E-state index in [9.17, 15) is 9.18 Å². The third-order valence-corrected chi connectivity index (χ3v) is 2.90. The van der Waals surface area contributed by atoms with Gasteiger partial charge in [-0.15, -0.1) is 0 Å². The molecule has 3 nitrogen and oxygen atoms in total. The molecule has 0 spiro atoms. The minimum atomic E-state index is -0.372. The summed E-state index contributed by atoms with van der Waals surface area (Å²) in [5, 5.41) is 1.21. The monoisotopic (exact) mass is 253 g/mol. The van der Waals surface area contributed by atoms with Gasteiger partial charge in [0, 0.05) is 7.05 Å². The fourth-order valence-electron chi connectivity index (χ4n) is 1.94. The topological polar surface area (TPSA) is 29.5 Å². The van der Waals surface area contributed by atoms with Crippen LogP contribution in [-0.2, 0) is 9.63 Å². The van der Waals surface area contributed by atoms with Crippen LogP contribution < -0.4 is 0 Å². The van der Waals surface area contributed by atoms with Crippen molar-refractivity contribution in [3.05, 3.63) is 35.6 Å². The molecule has 0 radical (unpaired) electrons. The molecule has 0 bridgehead atoms. The average molecular weight is 253 g/mol. The standard InChI is InChI=1S/C14H20FNO2/c1-14(2,3)12(13(17)16(4)18-5)10-6-8-11(15)9-7-10/h6-9,12H,1-5H3. The van der Waals surface area contributed by atoms with E-state index in [1.54, 1.807) is 19.2 Å². The Bertz CT molecular complexity index is 409. The van der Waals surface area contributed by atoms with E-state index >= 15 is 0 Å². The maximum Gasteiger partial charge on any atom is 0.253 e. The first kappa shape index (κ1) is 14.6. The van der Waals surface area contributed by atoms with Gasteiger partial charge in [0.05, 0.1) is 13.0 Å². The fourth-order valence-corrected chi connectivity index (χ4v) is 1.94. The average Bonchev–Trinajstić information content (AvgIpc) is 2.29. The molecule has 1 unspecified atom stereocenters. The Kier molecular flexibility index (Phi) is 4.46. The molecular formula is C14H20FNO2. The number of benzene rings is 1. The lowest BCUT2D eigenvalue weighted by Gasteiger charge is -2.32. The van der Waals surface area contributed by atoms with Crippen LogP contribution in [0.3, 0.4) is 0 Å². The van der Waals surface area contributed by atoms with Gasteiger partial charge in [0.15, 0.2) is 0 Å². The largest absolute Gasteiger partial charge is 0.275 e. The van der Waals surface area contributed by atoms with Gasteiger partial charge in [-0.2, -0.15) is 0 Å². The Morgan fingerprint density at radius 1 is 1.28 bits per heavy atom. The van der Waals surface area contributed by atoms with Crippen LogP contribution in [0, 0.1) is 11.2 Å². The van der Waals surface area contributed by atoms with Crippen molar-refractivity contribution < 1.29 is 14.0 Å². The van der Waals surface area contributed by atoms with E-state index in [0.717, 1.165) is 5.56 Å². The molecular weight excluding hydrogens is 233 g/mol. The van der Waals surface area contributed by atoms with Gasteiger partial charge in [0.1, 0.15) is 5.82 Å². The van der Waals surface area contributed by atoms with Gasteiger partial charge in [-0.1, -0.05) is 32.9 Å². The highest BCUT2D eigenvalue weighted by atomic mass is 19.1. The van der Waals surface area contributed by atoms with Crippen molar-refractivity contribution in [2.75, 3.05) is 14.2 Å². The molecule has 0 aromatic heterocycles. The van der Waals surface area contributed by atoms with E-state index in [1.807, 2.05) is 20.8 Å². The minimum absolute atomic E-state index is 0.142. The summed E-state index contributed by atoms with van der Waals surface area (Å²) in [6.07, 6.45) is 0. The quantitative estimate of drug-likeness (QED) is 0.775. The molecule has 0 N–H and O–H groups in total. The molecule has 0 aliphatic heterocycles. The zero-order chi connectivity index (χ0) is 13.9. The first-order valence-electron chi connectivity index (χ1n) is 5.84.